The fourth-order valence-electron chi connectivity index (χ4n) is 1.33. The Hall–Kier alpha value is -1.22. The van der Waals surface area contributed by atoms with Gasteiger partial charge >= 0.3 is 0 Å². The zero-order valence-electron chi connectivity index (χ0n) is 8.23. The van der Waals surface area contributed by atoms with E-state index in [1.807, 2.05) is 24.3 Å². The zero-order valence-corrected chi connectivity index (χ0v) is 8.23. The summed E-state index contributed by atoms with van der Waals surface area (Å²) < 4.78 is 16.5. The summed E-state index contributed by atoms with van der Waals surface area (Å²) in [5, 5.41) is 0. The maximum atomic E-state index is 5.59. The fraction of sp³-hybridized carbons (Fsp3) is 0.455. The molecule has 76 valence electrons. The molecule has 0 radical (unpaired) electrons. The van der Waals surface area contributed by atoms with E-state index in [1.54, 1.807) is 0 Å². The second kappa shape index (κ2) is 4.33. The van der Waals surface area contributed by atoms with Crippen molar-refractivity contribution in [2.75, 3.05) is 13.2 Å². The van der Waals surface area contributed by atoms with E-state index in [4.69, 9.17) is 14.2 Å². The van der Waals surface area contributed by atoms with Gasteiger partial charge in [-0.2, -0.15) is 0 Å². The number of fused-ring (bicyclic) bond motifs is 1. The number of rotatable bonds is 3. The van der Waals surface area contributed by atoms with Gasteiger partial charge in [0, 0.05) is 0 Å². The molecule has 0 saturated heterocycles. The fourth-order valence-corrected chi connectivity index (χ4v) is 1.33. The van der Waals surface area contributed by atoms with Crippen molar-refractivity contribution in [1.29, 1.82) is 0 Å². The third-order valence-electron chi connectivity index (χ3n) is 1.99. The average molecular weight is 194 g/mol. The Morgan fingerprint density at radius 2 is 2.14 bits per heavy atom. The first kappa shape index (κ1) is 9.34. The van der Waals surface area contributed by atoms with Gasteiger partial charge in [-0.25, -0.2) is 0 Å². The average Bonchev–Trinajstić information content (AvgIpc) is 2.26. The van der Waals surface area contributed by atoms with Gasteiger partial charge in [-0.1, -0.05) is 19.1 Å². The molecule has 0 spiro atoms. The van der Waals surface area contributed by atoms with Crippen molar-refractivity contribution in [2.24, 2.45) is 0 Å². The highest BCUT2D eigenvalue weighted by atomic mass is 16.7. The molecule has 1 atom stereocenters. The van der Waals surface area contributed by atoms with Crippen molar-refractivity contribution < 1.29 is 14.2 Å². The Balaban J connectivity index is 1.99. The van der Waals surface area contributed by atoms with Crippen molar-refractivity contribution in [3.63, 3.8) is 0 Å². The molecule has 1 aliphatic heterocycles. The lowest BCUT2D eigenvalue weighted by atomic mass is 10.3. The highest BCUT2D eigenvalue weighted by molar-refractivity contribution is 5.40. The van der Waals surface area contributed by atoms with Gasteiger partial charge in [0.25, 0.3) is 0 Å². The summed E-state index contributed by atoms with van der Waals surface area (Å²) in [6, 6.07) is 7.63. The molecular formula is C11H14O3. The summed E-state index contributed by atoms with van der Waals surface area (Å²) >= 11 is 0. The number of hydrogen-bond donors (Lipinski definition) is 0. The SMILES string of the molecule is CCCOC1COc2ccccc2O1. The highest BCUT2D eigenvalue weighted by Crippen LogP contribution is 2.30. The second-order valence-electron chi connectivity index (χ2n) is 3.18. The largest absolute Gasteiger partial charge is 0.483 e. The minimum atomic E-state index is -0.259. The van der Waals surface area contributed by atoms with E-state index in [9.17, 15) is 0 Å². The van der Waals surface area contributed by atoms with Gasteiger partial charge < -0.3 is 14.2 Å². The van der Waals surface area contributed by atoms with Crippen LogP contribution < -0.4 is 9.47 Å². The number of benzene rings is 1. The standard InChI is InChI=1S/C11H14O3/c1-2-7-12-11-8-13-9-5-3-4-6-10(9)14-11/h3-6,11H,2,7-8H2,1H3. The molecule has 3 nitrogen and oxygen atoms in total. The maximum absolute atomic E-state index is 5.59. The van der Waals surface area contributed by atoms with Gasteiger partial charge in [-0.3, -0.25) is 0 Å². The van der Waals surface area contributed by atoms with Crippen LogP contribution in [-0.2, 0) is 4.74 Å². The predicted molar refractivity (Wildman–Crippen MR) is 52.6 cm³/mol. The highest BCUT2D eigenvalue weighted by Gasteiger charge is 2.20. The van der Waals surface area contributed by atoms with Crippen LogP contribution in [0.3, 0.4) is 0 Å². The van der Waals surface area contributed by atoms with Gasteiger partial charge in [0.15, 0.2) is 18.1 Å². The van der Waals surface area contributed by atoms with E-state index >= 15 is 0 Å². The summed E-state index contributed by atoms with van der Waals surface area (Å²) in [7, 11) is 0. The molecule has 0 N–H and O–H groups in total. The Morgan fingerprint density at radius 3 is 2.93 bits per heavy atom. The van der Waals surface area contributed by atoms with Gasteiger partial charge in [0.2, 0.25) is 6.29 Å². The summed E-state index contributed by atoms with van der Waals surface area (Å²) in [5.74, 6) is 1.56. The topological polar surface area (TPSA) is 27.7 Å². The van der Waals surface area contributed by atoms with Crippen LogP contribution in [0.1, 0.15) is 13.3 Å². The van der Waals surface area contributed by atoms with Gasteiger partial charge in [0.05, 0.1) is 6.61 Å². The first-order valence-corrected chi connectivity index (χ1v) is 4.90. The predicted octanol–water partition coefficient (Wildman–Crippen LogP) is 2.21. The molecule has 1 heterocycles. The lowest BCUT2D eigenvalue weighted by Crippen LogP contribution is -2.31. The third kappa shape index (κ3) is 1.99. The maximum Gasteiger partial charge on any atom is 0.234 e. The summed E-state index contributed by atoms with van der Waals surface area (Å²) in [6.07, 6.45) is 0.728. The number of para-hydroxylation sites is 2. The van der Waals surface area contributed by atoms with E-state index in [0.29, 0.717) is 13.2 Å². The van der Waals surface area contributed by atoms with E-state index in [1.165, 1.54) is 0 Å². The zero-order chi connectivity index (χ0) is 9.80. The third-order valence-corrected chi connectivity index (χ3v) is 1.99. The Kier molecular flexibility index (Phi) is 2.89. The molecule has 0 amide bonds. The minimum Gasteiger partial charge on any atom is -0.483 e. The molecule has 14 heavy (non-hydrogen) atoms. The molecule has 0 fully saturated rings. The first-order valence-electron chi connectivity index (χ1n) is 4.90. The molecule has 1 aromatic carbocycles. The lowest BCUT2D eigenvalue weighted by molar-refractivity contribution is -0.115. The summed E-state index contributed by atoms with van der Waals surface area (Å²) in [4.78, 5) is 0. The van der Waals surface area contributed by atoms with Crippen LogP contribution in [0.15, 0.2) is 24.3 Å². The Morgan fingerprint density at radius 1 is 1.36 bits per heavy atom. The van der Waals surface area contributed by atoms with Crippen molar-refractivity contribution in [3.8, 4) is 11.5 Å². The van der Waals surface area contributed by atoms with Crippen molar-refractivity contribution in [3.05, 3.63) is 24.3 Å². The van der Waals surface area contributed by atoms with Crippen LogP contribution in [0.25, 0.3) is 0 Å². The van der Waals surface area contributed by atoms with Crippen LogP contribution in [-0.4, -0.2) is 19.5 Å². The summed E-state index contributed by atoms with van der Waals surface area (Å²) in [6.45, 7) is 3.24. The van der Waals surface area contributed by atoms with Crippen molar-refractivity contribution >= 4 is 0 Å². The lowest BCUT2D eigenvalue weighted by Gasteiger charge is -2.25. The molecule has 1 unspecified atom stereocenters. The van der Waals surface area contributed by atoms with E-state index in [0.717, 1.165) is 17.9 Å². The Labute approximate surface area is 83.6 Å². The van der Waals surface area contributed by atoms with Crippen LogP contribution >= 0.6 is 0 Å². The Bertz CT molecular complexity index is 298. The molecule has 0 saturated carbocycles. The van der Waals surface area contributed by atoms with Crippen LogP contribution in [0, 0.1) is 0 Å². The summed E-state index contributed by atoms with van der Waals surface area (Å²) in [5.41, 5.74) is 0. The molecule has 0 aromatic heterocycles. The first-order chi connectivity index (χ1) is 6.90. The second-order valence-corrected chi connectivity index (χ2v) is 3.18. The van der Waals surface area contributed by atoms with Crippen LogP contribution in [0.5, 0.6) is 11.5 Å². The molecule has 1 aliphatic rings. The van der Waals surface area contributed by atoms with E-state index < -0.39 is 0 Å². The van der Waals surface area contributed by atoms with Crippen LogP contribution in [0.2, 0.25) is 0 Å². The smallest absolute Gasteiger partial charge is 0.234 e. The van der Waals surface area contributed by atoms with Crippen LogP contribution in [0.4, 0.5) is 0 Å². The van der Waals surface area contributed by atoms with Gasteiger partial charge in [0.1, 0.15) is 0 Å². The molecular weight excluding hydrogens is 180 g/mol. The molecule has 0 bridgehead atoms. The van der Waals surface area contributed by atoms with Gasteiger partial charge in [-0.15, -0.1) is 0 Å². The van der Waals surface area contributed by atoms with Crippen molar-refractivity contribution in [1.82, 2.24) is 0 Å². The molecule has 3 heteroatoms. The van der Waals surface area contributed by atoms with E-state index in [-0.39, 0.29) is 6.29 Å². The monoisotopic (exact) mass is 194 g/mol. The van der Waals surface area contributed by atoms with E-state index in [2.05, 4.69) is 6.92 Å². The quantitative estimate of drug-likeness (QED) is 0.738. The normalized spacial score (nSPS) is 19.4. The molecule has 1 aromatic rings. The molecule has 2 rings (SSSR count). The van der Waals surface area contributed by atoms with Gasteiger partial charge in [-0.05, 0) is 18.6 Å². The van der Waals surface area contributed by atoms with Crippen molar-refractivity contribution in [2.45, 2.75) is 19.6 Å². The minimum absolute atomic E-state index is 0.259. The number of ether oxygens (including phenoxy) is 3. The molecule has 0 aliphatic carbocycles. The number of hydrogen-bond acceptors (Lipinski definition) is 3.